The zero-order valence-electron chi connectivity index (χ0n) is 11.1. The fraction of sp³-hybridized carbons (Fsp3) is 0.286. The van der Waals surface area contributed by atoms with Crippen molar-refractivity contribution in [2.75, 3.05) is 11.9 Å². The molecule has 1 heterocycles. The van der Waals surface area contributed by atoms with Gasteiger partial charge in [0, 0.05) is 19.8 Å². The Morgan fingerprint density at radius 1 is 1.22 bits per heavy atom. The molecule has 0 bridgehead atoms. The molecule has 18 heavy (non-hydrogen) atoms. The quantitative estimate of drug-likeness (QED) is 0.810. The Labute approximate surface area is 107 Å². The van der Waals surface area contributed by atoms with Crippen molar-refractivity contribution < 1.29 is 0 Å². The highest BCUT2D eigenvalue weighted by Gasteiger charge is 2.17. The molecule has 0 atom stereocenters. The molecule has 0 N–H and O–H groups in total. The maximum Gasteiger partial charge on any atom is 0.149 e. The second-order valence-electron chi connectivity index (χ2n) is 4.41. The van der Waals surface area contributed by atoms with Crippen LogP contribution in [-0.2, 0) is 7.05 Å². The summed E-state index contributed by atoms with van der Waals surface area (Å²) in [5.41, 5.74) is 3.64. The largest absolute Gasteiger partial charge is 0.329 e. The standard InChI is InChI=1S/C14H16N4/c1-10-5-7-12(8-6-10)17(3)14-13(9-15)11(2)16-18(14)4/h5-8H,1-4H3. The number of nitrogens with zero attached hydrogens (tertiary/aromatic N) is 4. The van der Waals surface area contributed by atoms with Gasteiger partial charge in [0.15, 0.2) is 0 Å². The van der Waals surface area contributed by atoms with E-state index in [1.165, 1.54) is 5.56 Å². The van der Waals surface area contributed by atoms with Crippen LogP contribution in [0.4, 0.5) is 11.5 Å². The monoisotopic (exact) mass is 240 g/mol. The molecule has 0 saturated carbocycles. The highest BCUT2D eigenvalue weighted by atomic mass is 15.4. The summed E-state index contributed by atoms with van der Waals surface area (Å²) in [6.07, 6.45) is 0. The third kappa shape index (κ3) is 1.95. The van der Waals surface area contributed by atoms with Gasteiger partial charge in [-0.3, -0.25) is 4.68 Å². The van der Waals surface area contributed by atoms with Crippen LogP contribution in [0.3, 0.4) is 0 Å². The summed E-state index contributed by atoms with van der Waals surface area (Å²) in [5, 5.41) is 13.5. The van der Waals surface area contributed by atoms with Gasteiger partial charge in [0.05, 0.1) is 5.69 Å². The summed E-state index contributed by atoms with van der Waals surface area (Å²) >= 11 is 0. The summed E-state index contributed by atoms with van der Waals surface area (Å²) in [6.45, 7) is 3.91. The van der Waals surface area contributed by atoms with Crippen molar-refractivity contribution in [2.45, 2.75) is 13.8 Å². The predicted octanol–water partition coefficient (Wildman–Crippen LogP) is 2.68. The van der Waals surface area contributed by atoms with Crippen LogP contribution in [-0.4, -0.2) is 16.8 Å². The van der Waals surface area contributed by atoms with E-state index in [-0.39, 0.29) is 0 Å². The van der Waals surface area contributed by atoms with Gasteiger partial charge in [-0.05, 0) is 26.0 Å². The molecule has 2 rings (SSSR count). The van der Waals surface area contributed by atoms with E-state index >= 15 is 0 Å². The summed E-state index contributed by atoms with van der Waals surface area (Å²) in [6, 6.07) is 10.4. The maximum absolute atomic E-state index is 9.22. The van der Waals surface area contributed by atoms with Crippen molar-refractivity contribution in [3.05, 3.63) is 41.1 Å². The van der Waals surface area contributed by atoms with E-state index in [4.69, 9.17) is 0 Å². The zero-order valence-corrected chi connectivity index (χ0v) is 11.1. The first-order chi connectivity index (χ1) is 8.54. The summed E-state index contributed by atoms with van der Waals surface area (Å²) in [4.78, 5) is 1.98. The number of nitriles is 1. The molecular weight excluding hydrogens is 224 g/mol. The van der Waals surface area contributed by atoms with E-state index in [9.17, 15) is 5.26 Å². The molecule has 0 amide bonds. The molecule has 92 valence electrons. The molecule has 0 aliphatic carbocycles. The van der Waals surface area contributed by atoms with Gasteiger partial charge in [-0.1, -0.05) is 17.7 Å². The smallest absolute Gasteiger partial charge is 0.149 e. The Morgan fingerprint density at radius 2 is 1.83 bits per heavy atom. The molecule has 0 spiro atoms. The Morgan fingerprint density at radius 3 is 2.39 bits per heavy atom. The number of hydrogen-bond acceptors (Lipinski definition) is 3. The normalized spacial score (nSPS) is 10.2. The minimum atomic E-state index is 0.626. The van der Waals surface area contributed by atoms with E-state index in [1.807, 2.05) is 38.1 Å². The number of benzene rings is 1. The van der Waals surface area contributed by atoms with Crippen LogP contribution in [0, 0.1) is 25.2 Å². The van der Waals surface area contributed by atoms with Crippen LogP contribution >= 0.6 is 0 Å². The van der Waals surface area contributed by atoms with Gasteiger partial charge < -0.3 is 4.90 Å². The summed E-state index contributed by atoms with van der Waals surface area (Å²) in [7, 11) is 3.80. The first-order valence-electron chi connectivity index (χ1n) is 5.78. The lowest BCUT2D eigenvalue weighted by Crippen LogP contribution is -2.14. The molecule has 0 radical (unpaired) electrons. The van der Waals surface area contributed by atoms with Crippen LogP contribution in [0.15, 0.2) is 24.3 Å². The van der Waals surface area contributed by atoms with Crippen molar-refractivity contribution in [1.82, 2.24) is 9.78 Å². The van der Waals surface area contributed by atoms with Crippen molar-refractivity contribution in [3.63, 3.8) is 0 Å². The van der Waals surface area contributed by atoms with Gasteiger partial charge in [-0.15, -0.1) is 0 Å². The van der Waals surface area contributed by atoms with Gasteiger partial charge in [0.1, 0.15) is 17.5 Å². The first-order valence-corrected chi connectivity index (χ1v) is 5.78. The fourth-order valence-electron chi connectivity index (χ4n) is 2.05. The Bertz CT molecular complexity index is 602. The Balaban J connectivity index is 2.49. The molecular formula is C14H16N4. The number of rotatable bonds is 2. The van der Waals surface area contributed by atoms with E-state index in [0.717, 1.165) is 17.2 Å². The van der Waals surface area contributed by atoms with Gasteiger partial charge >= 0.3 is 0 Å². The molecule has 0 fully saturated rings. The molecule has 2 aromatic rings. The van der Waals surface area contributed by atoms with Crippen molar-refractivity contribution in [2.24, 2.45) is 7.05 Å². The molecule has 4 nitrogen and oxygen atoms in total. The fourth-order valence-corrected chi connectivity index (χ4v) is 2.05. The minimum absolute atomic E-state index is 0.626. The first kappa shape index (κ1) is 12.2. The lowest BCUT2D eigenvalue weighted by molar-refractivity contribution is 0.750. The van der Waals surface area contributed by atoms with Gasteiger partial charge in [-0.2, -0.15) is 10.4 Å². The topological polar surface area (TPSA) is 44.9 Å². The highest BCUT2D eigenvalue weighted by Crippen LogP contribution is 2.28. The van der Waals surface area contributed by atoms with Crippen LogP contribution in [0.5, 0.6) is 0 Å². The van der Waals surface area contributed by atoms with Crippen LogP contribution in [0.25, 0.3) is 0 Å². The molecule has 4 heteroatoms. The van der Waals surface area contributed by atoms with Crippen LogP contribution in [0.1, 0.15) is 16.8 Å². The third-order valence-electron chi connectivity index (χ3n) is 3.04. The minimum Gasteiger partial charge on any atom is -0.329 e. The second-order valence-corrected chi connectivity index (χ2v) is 4.41. The van der Waals surface area contributed by atoms with E-state index < -0.39 is 0 Å². The third-order valence-corrected chi connectivity index (χ3v) is 3.04. The Hall–Kier alpha value is -2.28. The second kappa shape index (κ2) is 4.53. The SMILES string of the molecule is Cc1ccc(N(C)c2c(C#N)c(C)nn2C)cc1. The van der Waals surface area contributed by atoms with Crippen molar-refractivity contribution in [1.29, 1.82) is 5.26 Å². The number of aromatic nitrogens is 2. The van der Waals surface area contributed by atoms with Gasteiger partial charge in [0.25, 0.3) is 0 Å². The molecule has 0 unspecified atom stereocenters. The van der Waals surface area contributed by atoms with E-state index in [0.29, 0.717) is 5.56 Å². The summed E-state index contributed by atoms with van der Waals surface area (Å²) in [5.74, 6) is 0.818. The Kier molecular flexibility index (Phi) is 3.07. The lowest BCUT2D eigenvalue weighted by Gasteiger charge is -2.19. The number of aryl methyl sites for hydroxylation is 3. The summed E-state index contributed by atoms with van der Waals surface area (Å²) < 4.78 is 1.74. The molecule has 0 aliphatic heterocycles. The zero-order chi connectivity index (χ0) is 13.3. The van der Waals surface area contributed by atoms with Gasteiger partial charge in [0.2, 0.25) is 0 Å². The van der Waals surface area contributed by atoms with Crippen molar-refractivity contribution in [3.8, 4) is 6.07 Å². The average molecular weight is 240 g/mol. The molecule has 0 aliphatic rings. The molecule has 1 aromatic carbocycles. The van der Waals surface area contributed by atoms with E-state index in [2.05, 4.69) is 30.2 Å². The maximum atomic E-state index is 9.22. The van der Waals surface area contributed by atoms with Gasteiger partial charge in [-0.25, -0.2) is 0 Å². The molecule has 1 aromatic heterocycles. The molecule has 0 saturated heterocycles. The van der Waals surface area contributed by atoms with Crippen LogP contribution < -0.4 is 4.90 Å². The van der Waals surface area contributed by atoms with E-state index in [1.54, 1.807) is 4.68 Å². The number of hydrogen-bond donors (Lipinski definition) is 0. The number of anilines is 2. The van der Waals surface area contributed by atoms with Crippen LogP contribution in [0.2, 0.25) is 0 Å². The lowest BCUT2D eigenvalue weighted by atomic mass is 10.2. The average Bonchev–Trinajstić information content (AvgIpc) is 2.63. The highest BCUT2D eigenvalue weighted by molar-refractivity contribution is 5.66. The van der Waals surface area contributed by atoms with Crippen molar-refractivity contribution >= 4 is 11.5 Å². The predicted molar refractivity (Wildman–Crippen MR) is 71.9 cm³/mol.